The van der Waals surface area contributed by atoms with E-state index in [1.54, 1.807) is 6.92 Å². The second-order valence-corrected chi connectivity index (χ2v) is 4.21. The average Bonchev–Trinajstić information content (AvgIpc) is 2.50. The van der Waals surface area contributed by atoms with Gasteiger partial charge in [-0.05, 0) is 43.3 Å². The van der Waals surface area contributed by atoms with Crippen molar-refractivity contribution < 1.29 is 4.74 Å². The van der Waals surface area contributed by atoms with Crippen LogP contribution in [0.25, 0.3) is 11.4 Å². The van der Waals surface area contributed by atoms with Gasteiger partial charge in [0.2, 0.25) is 5.82 Å². The molecule has 3 aromatic rings. The van der Waals surface area contributed by atoms with Gasteiger partial charge in [0.25, 0.3) is 0 Å². The molecule has 0 aliphatic carbocycles. The number of hydrogen-bond acceptors (Lipinski definition) is 5. The molecule has 3 rings (SSSR count). The number of aryl methyl sites for hydroxylation is 1. The highest BCUT2D eigenvalue weighted by Gasteiger charge is 2.03. The third-order valence-corrected chi connectivity index (χ3v) is 2.67. The van der Waals surface area contributed by atoms with Crippen molar-refractivity contribution in [1.82, 2.24) is 20.4 Å². The van der Waals surface area contributed by atoms with Gasteiger partial charge in [-0.15, -0.1) is 20.4 Å². The fourth-order valence-electron chi connectivity index (χ4n) is 1.69. The summed E-state index contributed by atoms with van der Waals surface area (Å²) < 4.78 is 5.72. The highest BCUT2D eigenvalue weighted by atomic mass is 16.5. The Labute approximate surface area is 116 Å². The van der Waals surface area contributed by atoms with Crippen molar-refractivity contribution in [3.63, 3.8) is 0 Å². The normalized spacial score (nSPS) is 10.2. The summed E-state index contributed by atoms with van der Waals surface area (Å²) in [4.78, 5) is 0. The summed E-state index contributed by atoms with van der Waals surface area (Å²) in [5.41, 5.74) is 0.852. The van der Waals surface area contributed by atoms with Gasteiger partial charge < -0.3 is 4.74 Å². The predicted molar refractivity (Wildman–Crippen MR) is 74.3 cm³/mol. The summed E-state index contributed by atoms with van der Waals surface area (Å²) >= 11 is 0. The van der Waals surface area contributed by atoms with Crippen LogP contribution >= 0.6 is 0 Å². The molecule has 0 saturated heterocycles. The van der Waals surface area contributed by atoms with Crippen LogP contribution < -0.4 is 4.74 Å². The maximum atomic E-state index is 5.72. The number of ether oxygens (including phenoxy) is 1. The molecule has 2 aromatic carbocycles. The summed E-state index contributed by atoms with van der Waals surface area (Å²) in [6, 6.07) is 17.1. The number of hydrogen-bond donors (Lipinski definition) is 0. The summed E-state index contributed by atoms with van der Waals surface area (Å²) in [6.07, 6.45) is 0. The molecule has 1 aromatic heterocycles. The average molecular weight is 264 g/mol. The summed E-state index contributed by atoms with van der Waals surface area (Å²) in [5.74, 6) is 2.61. The van der Waals surface area contributed by atoms with Crippen molar-refractivity contribution >= 4 is 0 Å². The Bertz CT molecular complexity index is 681. The minimum absolute atomic E-state index is 0.502. The lowest BCUT2D eigenvalue weighted by Gasteiger charge is -2.05. The zero-order chi connectivity index (χ0) is 13.8. The zero-order valence-corrected chi connectivity index (χ0v) is 10.9. The van der Waals surface area contributed by atoms with Gasteiger partial charge in [-0.1, -0.05) is 18.2 Å². The minimum Gasteiger partial charge on any atom is -0.457 e. The molecule has 0 saturated carbocycles. The molecule has 0 radical (unpaired) electrons. The first-order chi connectivity index (χ1) is 9.81. The molecule has 5 heteroatoms. The lowest BCUT2D eigenvalue weighted by atomic mass is 10.2. The van der Waals surface area contributed by atoms with Gasteiger partial charge in [-0.3, -0.25) is 0 Å². The van der Waals surface area contributed by atoms with E-state index in [0.29, 0.717) is 11.6 Å². The maximum Gasteiger partial charge on any atom is 0.203 e. The van der Waals surface area contributed by atoms with Gasteiger partial charge in [0.1, 0.15) is 11.5 Å². The second kappa shape index (κ2) is 5.44. The lowest BCUT2D eigenvalue weighted by Crippen LogP contribution is -1.98. The van der Waals surface area contributed by atoms with E-state index in [0.717, 1.165) is 17.1 Å². The maximum absolute atomic E-state index is 5.72. The first-order valence-corrected chi connectivity index (χ1v) is 6.18. The number of rotatable bonds is 3. The first-order valence-electron chi connectivity index (χ1n) is 6.18. The second-order valence-electron chi connectivity index (χ2n) is 4.21. The Morgan fingerprint density at radius 1 is 0.700 bits per heavy atom. The number of benzene rings is 2. The van der Waals surface area contributed by atoms with Gasteiger partial charge >= 0.3 is 0 Å². The minimum atomic E-state index is 0.502. The van der Waals surface area contributed by atoms with Crippen molar-refractivity contribution in [2.75, 3.05) is 0 Å². The van der Waals surface area contributed by atoms with Crippen molar-refractivity contribution in [2.24, 2.45) is 0 Å². The Hall–Kier alpha value is -2.82. The SMILES string of the molecule is Cc1nnc(-c2ccc(Oc3ccccc3)cc2)nn1. The van der Waals surface area contributed by atoms with Gasteiger partial charge in [0, 0.05) is 5.56 Å². The Kier molecular flexibility index (Phi) is 3.33. The third kappa shape index (κ3) is 2.77. The first kappa shape index (κ1) is 12.2. The van der Waals surface area contributed by atoms with E-state index in [4.69, 9.17) is 4.74 Å². The molecule has 0 bridgehead atoms. The summed E-state index contributed by atoms with van der Waals surface area (Å²) in [5, 5.41) is 15.8. The molecule has 0 N–H and O–H groups in total. The van der Waals surface area contributed by atoms with E-state index in [-0.39, 0.29) is 0 Å². The van der Waals surface area contributed by atoms with Crippen LogP contribution in [0.5, 0.6) is 11.5 Å². The van der Waals surface area contributed by atoms with Crippen molar-refractivity contribution in [1.29, 1.82) is 0 Å². The number of nitrogens with zero attached hydrogens (tertiary/aromatic N) is 4. The van der Waals surface area contributed by atoms with Gasteiger partial charge in [0.15, 0.2) is 5.82 Å². The Balaban J connectivity index is 1.79. The number of aromatic nitrogens is 4. The molecule has 98 valence electrons. The molecule has 0 aliphatic heterocycles. The van der Waals surface area contributed by atoms with E-state index >= 15 is 0 Å². The van der Waals surface area contributed by atoms with E-state index in [1.807, 2.05) is 54.6 Å². The molecule has 0 fully saturated rings. The van der Waals surface area contributed by atoms with Crippen LogP contribution in [0, 0.1) is 6.92 Å². The van der Waals surface area contributed by atoms with Crippen molar-refractivity contribution in [3.8, 4) is 22.9 Å². The molecule has 5 nitrogen and oxygen atoms in total. The van der Waals surface area contributed by atoms with Crippen LogP contribution in [0.3, 0.4) is 0 Å². The molecule has 0 aliphatic rings. The van der Waals surface area contributed by atoms with E-state index in [9.17, 15) is 0 Å². The zero-order valence-electron chi connectivity index (χ0n) is 10.9. The van der Waals surface area contributed by atoms with Crippen molar-refractivity contribution in [3.05, 3.63) is 60.4 Å². The van der Waals surface area contributed by atoms with Gasteiger partial charge in [-0.25, -0.2) is 0 Å². The Morgan fingerprint density at radius 3 is 1.95 bits per heavy atom. The smallest absolute Gasteiger partial charge is 0.203 e. The Morgan fingerprint density at radius 2 is 1.30 bits per heavy atom. The molecular weight excluding hydrogens is 252 g/mol. The van der Waals surface area contributed by atoms with Gasteiger partial charge in [0.05, 0.1) is 0 Å². The molecule has 1 heterocycles. The third-order valence-electron chi connectivity index (χ3n) is 2.67. The summed E-state index contributed by atoms with van der Waals surface area (Å²) in [7, 11) is 0. The van der Waals surface area contributed by atoms with Crippen LogP contribution in [0.4, 0.5) is 0 Å². The molecular formula is C15H12N4O. The van der Waals surface area contributed by atoms with E-state index in [2.05, 4.69) is 20.4 Å². The van der Waals surface area contributed by atoms with Crippen LogP contribution in [-0.4, -0.2) is 20.4 Å². The predicted octanol–water partition coefficient (Wildman–Crippen LogP) is 3.03. The highest BCUT2D eigenvalue weighted by molar-refractivity contribution is 5.55. The topological polar surface area (TPSA) is 60.8 Å². The fourth-order valence-corrected chi connectivity index (χ4v) is 1.69. The van der Waals surface area contributed by atoms with Crippen LogP contribution in [0.2, 0.25) is 0 Å². The fraction of sp³-hybridized carbons (Fsp3) is 0.0667. The summed E-state index contributed by atoms with van der Waals surface area (Å²) in [6.45, 7) is 1.75. The van der Waals surface area contributed by atoms with Gasteiger partial charge in [-0.2, -0.15) is 0 Å². The van der Waals surface area contributed by atoms with Crippen molar-refractivity contribution in [2.45, 2.75) is 6.92 Å². The van der Waals surface area contributed by atoms with E-state index in [1.165, 1.54) is 0 Å². The molecule has 0 unspecified atom stereocenters. The van der Waals surface area contributed by atoms with E-state index < -0.39 is 0 Å². The lowest BCUT2D eigenvalue weighted by molar-refractivity contribution is 0.483. The van der Waals surface area contributed by atoms with Crippen LogP contribution in [-0.2, 0) is 0 Å². The molecule has 0 atom stereocenters. The largest absolute Gasteiger partial charge is 0.457 e. The molecule has 20 heavy (non-hydrogen) atoms. The monoisotopic (exact) mass is 264 g/mol. The number of para-hydroxylation sites is 1. The van der Waals surface area contributed by atoms with Crippen LogP contribution in [0.1, 0.15) is 5.82 Å². The molecule has 0 amide bonds. The molecule has 0 spiro atoms. The standard InChI is InChI=1S/C15H12N4O/c1-11-16-18-15(19-17-11)12-7-9-14(10-8-12)20-13-5-3-2-4-6-13/h2-10H,1H3. The van der Waals surface area contributed by atoms with Crippen LogP contribution in [0.15, 0.2) is 54.6 Å². The highest BCUT2D eigenvalue weighted by Crippen LogP contribution is 2.23. The quantitative estimate of drug-likeness (QED) is 0.727.